The van der Waals surface area contributed by atoms with E-state index in [0.29, 0.717) is 5.56 Å². The second-order valence-electron chi connectivity index (χ2n) is 4.36. The first-order valence-corrected chi connectivity index (χ1v) is 6.07. The SMILES string of the molecule is COc1ccc(C(C)Nc2c(F)cccc2F)cc1F. The van der Waals surface area contributed by atoms with Crippen molar-refractivity contribution in [3.05, 3.63) is 59.4 Å². The van der Waals surface area contributed by atoms with Crippen molar-refractivity contribution in [2.75, 3.05) is 12.4 Å². The molecule has 5 heteroatoms. The maximum Gasteiger partial charge on any atom is 0.165 e. The summed E-state index contributed by atoms with van der Waals surface area (Å²) in [7, 11) is 1.37. The largest absolute Gasteiger partial charge is 0.494 e. The molecule has 0 fully saturated rings. The van der Waals surface area contributed by atoms with Crippen LogP contribution in [0.3, 0.4) is 0 Å². The lowest BCUT2D eigenvalue weighted by Gasteiger charge is -2.17. The molecule has 1 atom stereocenters. The summed E-state index contributed by atoms with van der Waals surface area (Å²) < 4.78 is 45.5. The molecule has 0 aliphatic rings. The monoisotopic (exact) mass is 281 g/mol. The van der Waals surface area contributed by atoms with Gasteiger partial charge in [0.1, 0.15) is 17.3 Å². The quantitative estimate of drug-likeness (QED) is 0.902. The first-order chi connectivity index (χ1) is 9.52. The minimum Gasteiger partial charge on any atom is -0.494 e. The third-order valence-corrected chi connectivity index (χ3v) is 3.00. The van der Waals surface area contributed by atoms with Gasteiger partial charge in [0.05, 0.1) is 7.11 Å². The highest BCUT2D eigenvalue weighted by Gasteiger charge is 2.14. The Bertz CT molecular complexity index is 596. The smallest absolute Gasteiger partial charge is 0.165 e. The van der Waals surface area contributed by atoms with Gasteiger partial charge in [-0.1, -0.05) is 12.1 Å². The van der Waals surface area contributed by atoms with Gasteiger partial charge in [-0.25, -0.2) is 13.2 Å². The van der Waals surface area contributed by atoms with Crippen LogP contribution >= 0.6 is 0 Å². The van der Waals surface area contributed by atoms with Gasteiger partial charge >= 0.3 is 0 Å². The van der Waals surface area contributed by atoms with Crippen molar-refractivity contribution >= 4 is 5.69 Å². The summed E-state index contributed by atoms with van der Waals surface area (Å²) in [6.07, 6.45) is 0. The average Bonchev–Trinajstić information content (AvgIpc) is 2.42. The van der Waals surface area contributed by atoms with Crippen molar-refractivity contribution in [1.82, 2.24) is 0 Å². The molecule has 2 nitrogen and oxygen atoms in total. The molecule has 106 valence electrons. The number of hydrogen-bond donors (Lipinski definition) is 1. The Hall–Kier alpha value is -2.17. The summed E-state index contributed by atoms with van der Waals surface area (Å²) in [5.74, 6) is -1.78. The second kappa shape index (κ2) is 5.86. The van der Waals surface area contributed by atoms with E-state index < -0.39 is 23.5 Å². The molecular formula is C15H14F3NO. The minimum absolute atomic E-state index is 0.123. The molecule has 1 N–H and O–H groups in total. The van der Waals surface area contributed by atoms with Gasteiger partial charge in [-0.2, -0.15) is 0 Å². The Morgan fingerprint density at radius 2 is 1.65 bits per heavy atom. The first-order valence-electron chi connectivity index (χ1n) is 6.07. The zero-order valence-corrected chi connectivity index (χ0v) is 11.1. The molecule has 0 spiro atoms. The molecule has 0 radical (unpaired) electrons. The molecular weight excluding hydrogens is 267 g/mol. The van der Waals surface area contributed by atoms with Crippen LogP contribution in [-0.4, -0.2) is 7.11 Å². The van der Waals surface area contributed by atoms with Gasteiger partial charge in [0.25, 0.3) is 0 Å². The zero-order valence-electron chi connectivity index (χ0n) is 11.1. The normalized spacial score (nSPS) is 12.1. The third kappa shape index (κ3) is 2.87. The van der Waals surface area contributed by atoms with E-state index in [1.54, 1.807) is 13.0 Å². The van der Waals surface area contributed by atoms with Gasteiger partial charge < -0.3 is 10.1 Å². The number of nitrogens with one attached hydrogen (secondary N) is 1. The molecule has 0 saturated carbocycles. The van der Waals surface area contributed by atoms with Gasteiger partial charge in [-0.3, -0.25) is 0 Å². The minimum atomic E-state index is -0.689. The van der Waals surface area contributed by atoms with Crippen molar-refractivity contribution in [2.45, 2.75) is 13.0 Å². The topological polar surface area (TPSA) is 21.3 Å². The summed E-state index contributed by atoms with van der Waals surface area (Å²) in [5, 5.41) is 2.70. The zero-order chi connectivity index (χ0) is 14.7. The predicted octanol–water partition coefficient (Wildman–Crippen LogP) is 4.29. The first kappa shape index (κ1) is 14.2. The van der Waals surface area contributed by atoms with Crippen LogP contribution in [-0.2, 0) is 0 Å². The van der Waals surface area contributed by atoms with Crippen molar-refractivity contribution in [3.63, 3.8) is 0 Å². The molecule has 0 amide bonds. The molecule has 0 saturated heterocycles. The third-order valence-electron chi connectivity index (χ3n) is 3.00. The molecule has 0 aromatic heterocycles. The molecule has 2 rings (SSSR count). The van der Waals surface area contributed by atoms with E-state index in [-0.39, 0.29) is 11.4 Å². The fourth-order valence-corrected chi connectivity index (χ4v) is 1.89. The van der Waals surface area contributed by atoms with Gasteiger partial charge in [0.2, 0.25) is 0 Å². The van der Waals surface area contributed by atoms with E-state index in [2.05, 4.69) is 5.32 Å². The molecule has 0 heterocycles. The fraction of sp³-hybridized carbons (Fsp3) is 0.200. The Morgan fingerprint density at radius 3 is 2.20 bits per heavy atom. The Labute approximate surface area is 115 Å². The van der Waals surface area contributed by atoms with Crippen LogP contribution in [0.4, 0.5) is 18.9 Å². The molecule has 0 bridgehead atoms. The summed E-state index contributed by atoms with van der Waals surface area (Å²) in [4.78, 5) is 0. The number of ether oxygens (including phenoxy) is 1. The van der Waals surface area contributed by atoms with Crippen molar-refractivity contribution in [1.29, 1.82) is 0 Å². The summed E-state index contributed by atoms with van der Waals surface area (Å²) in [6, 6.07) is 7.53. The van der Waals surface area contributed by atoms with E-state index in [0.717, 1.165) is 12.1 Å². The Kier molecular flexibility index (Phi) is 4.17. The molecule has 20 heavy (non-hydrogen) atoms. The van der Waals surface area contributed by atoms with E-state index in [4.69, 9.17) is 4.74 Å². The molecule has 2 aromatic carbocycles. The summed E-state index contributed by atoms with van der Waals surface area (Å²) in [5.41, 5.74) is 0.335. The highest BCUT2D eigenvalue weighted by atomic mass is 19.1. The van der Waals surface area contributed by atoms with Crippen molar-refractivity contribution in [3.8, 4) is 5.75 Å². The van der Waals surface area contributed by atoms with Gasteiger partial charge in [-0.05, 0) is 36.8 Å². The Balaban J connectivity index is 2.24. The number of rotatable bonds is 4. The molecule has 0 aliphatic heterocycles. The van der Waals surface area contributed by atoms with Crippen LogP contribution in [0.2, 0.25) is 0 Å². The molecule has 1 unspecified atom stereocenters. The van der Waals surface area contributed by atoms with Gasteiger partial charge in [0.15, 0.2) is 11.6 Å². The van der Waals surface area contributed by atoms with Crippen LogP contribution in [0.25, 0.3) is 0 Å². The van der Waals surface area contributed by atoms with Crippen LogP contribution in [0.15, 0.2) is 36.4 Å². The van der Waals surface area contributed by atoms with Gasteiger partial charge in [-0.15, -0.1) is 0 Å². The lowest BCUT2D eigenvalue weighted by atomic mass is 10.1. The maximum absolute atomic E-state index is 13.6. The molecule has 0 aliphatic carbocycles. The maximum atomic E-state index is 13.6. The standard InChI is InChI=1S/C15H14F3NO/c1-9(10-6-7-14(20-2)13(18)8-10)19-15-11(16)4-3-5-12(15)17/h3-9,19H,1-2H3. The van der Waals surface area contributed by atoms with Crippen LogP contribution in [0.5, 0.6) is 5.75 Å². The fourth-order valence-electron chi connectivity index (χ4n) is 1.89. The van der Waals surface area contributed by atoms with Crippen LogP contribution < -0.4 is 10.1 Å². The van der Waals surface area contributed by atoms with Gasteiger partial charge in [0, 0.05) is 6.04 Å². The lowest BCUT2D eigenvalue weighted by molar-refractivity contribution is 0.386. The van der Waals surface area contributed by atoms with Crippen LogP contribution in [0.1, 0.15) is 18.5 Å². The number of hydrogen-bond acceptors (Lipinski definition) is 2. The number of methoxy groups -OCH3 is 1. The van der Waals surface area contributed by atoms with E-state index in [1.807, 2.05) is 0 Å². The van der Waals surface area contributed by atoms with Crippen molar-refractivity contribution in [2.24, 2.45) is 0 Å². The van der Waals surface area contributed by atoms with E-state index in [9.17, 15) is 13.2 Å². The highest BCUT2D eigenvalue weighted by molar-refractivity contribution is 5.48. The van der Waals surface area contributed by atoms with Crippen molar-refractivity contribution < 1.29 is 17.9 Å². The highest BCUT2D eigenvalue weighted by Crippen LogP contribution is 2.26. The number of anilines is 1. The van der Waals surface area contributed by atoms with E-state index in [1.165, 1.54) is 25.3 Å². The summed E-state index contributed by atoms with van der Waals surface area (Å²) in [6.45, 7) is 1.69. The Morgan fingerprint density at radius 1 is 1.00 bits per heavy atom. The summed E-state index contributed by atoms with van der Waals surface area (Å²) >= 11 is 0. The second-order valence-corrected chi connectivity index (χ2v) is 4.36. The van der Waals surface area contributed by atoms with E-state index >= 15 is 0 Å². The number of benzene rings is 2. The average molecular weight is 281 g/mol. The number of halogens is 3. The lowest BCUT2D eigenvalue weighted by Crippen LogP contribution is -2.10. The number of para-hydroxylation sites is 1. The molecule has 2 aromatic rings. The predicted molar refractivity (Wildman–Crippen MR) is 71.3 cm³/mol. The van der Waals surface area contributed by atoms with Crippen LogP contribution in [0, 0.1) is 17.5 Å².